The summed E-state index contributed by atoms with van der Waals surface area (Å²) in [6.07, 6.45) is 0. The molecule has 0 amide bonds. The predicted octanol–water partition coefficient (Wildman–Crippen LogP) is 4.81. The van der Waals surface area contributed by atoms with E-state index in [1.165, 1.54) is 10.8 Å². The quantitative estimate of drug-likeness (QED) is 0.519. The molecular formula is C17H14BrClN2. The zero-order valence-electron chi connectivity index (χ0n) is 11.2. The van der Waals surface area contributed by atoms with Crippen molar-refractivity contribution in [3.8, 4) is 0 Å². The maximum atomic E-state index is 5.94. The average molecular weight is 362 g/mol. The summed E-state index contributed by atoms with van der Waals surface area (Å²) in [7, 11) is 0. The molecule has 0 spiro atoms. The lowest BCUT2D eigenvalue weighted by molar-refractivity contribution is 0.637. The van der Waals surface area contributed by atoms with Gasteiger partial charge in [0.1, 0.15) is 0 Å². The number of hydrazine groups is 1. The van der Waals surface area contributed by atoms with Crippen LogP contribution in [0, 0.1) is 0 Å². The molecule has 0 aliphatic rings. The zero-order chi connectivity index (χ0) is 14.8. The highest BCUT2D eigenvalue weighted by atomic mass is 79.9. The number of hydrogen-bond acceptors (Lipinski definition) is 2. The number of halogens is 2. The van der Waals surface area contributed by atoms with E-state index in [4.69, 9.17) is 17.4 Å². The average Bonchev–Trinajstić information content (AvgIpc) is 2.50. The monoisotopic (exact) mass is 360 g/mol. The molecule has 3 N–H and O–H groups in total. The van der Waals surface area contributed by atoms with Gasteiger partial charge in [-0.25, -0.2) is 5.43 Å². The fourth-order valence-corrected chi connectivity index (χ4v) is 2.96. The first-order valence-electron chi connectivity index (χ1n) is 6.58. The van der Waals surface area contributed by atoms with Crippen molar-refractivity contribution in [3.63, 3.8) is 0 Å². The molecule has 0 saturated heterocycles. The van der Waals surface area contributed by atoms with Crippen LogP contribution in [0.2, 0.25) is 5.02 Å². The molecule has 0 aliphatic carbocycles. The molecule has 3 aromatic rings. The van der Waals surface area contributed by atoms with Crippen LogP contribution < -0.4 is 11.3 Å². The lowest BCUT2D eigenvalue weighted by Gasteiger charge is -2.17. The van der Waals surface area contributed by atoms with Crippen LogP contribution in [-0.2, 0) is 0 Å². The summed E-state index contributed by atoms with van der Waals surface area (Å²) in [6, 6.07) is 20.3. The van der Waals surface area contributed by atoms with Gasteiger partial charge in [0.05, 0.1) is 6.04 Å². The summed E-state index contributed by atoms with van der Waals surface area (Å²) >= 11 is 9.43. The van der Waals surface area contributed by atoms with Gasteiger partial charge in [-0.3, -0.25) is 5.84 Å². The molecule has 106 valence electrons. The molecule has 0 fully saturated rings. The van der Waals surface area contributed by atoms with Crippen molar-refractivity contribution in [2.75, 3.05) is 0 Å². The third-order valence-corrected chi connectivity index (χ3v) is 4.27. The minimum atomic E-state index is -0.0599. The zero-order valence-corrected chi connectivity index (χ0v) is 13.5. The van der Waals surface area contributed by atoms with E-state index in [-0.39, 0.29) is 6.04 Å². The minimum Gasteiger partial charge on any atom is -0.271 e. The lowest BCUT2D eigenvalue weighted by Crippen LogP contribution is -2.28. The first-order chi connectivity index (χ1) is 10.2. The van der Waals surface area contributed by atoms with Gasteiger partial charge in [0.15, 0.2) is 0 Å². The second-order valence-electron chi connectivity index (χ2n) is 4.90. The van der Waals surface area contributed by atoms with Crippen molar-refractivity contribution < 1.29 is 0 Å². The van der Waals surface area contributed by atoms with Crippen LogP contribution >= 0.6 is 27.5 Å². The van der Waals surface area contributed by atoms with E-state index in [0.29, 0.717) is 0 Å². The van der Waals surface area contributed by atoms with Crippen LogP contribution in [0.4, 0.5) is 0 Å². The number of benzene rings is 3. The van der Waals surface area contributed by atoms with Crippen molar-refractivity contribution in [1.82, 2.24) is 5.43 Å². The molecule has 1 atom stereocenters. The van der Waals surface area contributed by atoms with Gasteiger partial charge >= 0.3 is 0 Å². The van der Waals surface area contributed by atoms with E-state index in [1.54, 1.807) is 0 Å². The molecule has 0 aromatic heterocycles. The summed E-state index contributed by atoms with van der Waals surface area (Å²) in [4.78, 5) is 0. The first-order valence-corrected chi connectivity index (χ1v) is 7.75. The van der Waals surface area contributed by atoms with Crippen molar-refractivity contribution >= 4 is 38.3 Å². The third kappa shape index (κ3) is 3.11. The lowest BCUT2D eigenvalue weighted by atomic mass is 9.97. The SMILES string of the molecule is NNC(c1ccc(Cl)cc1)c1ccc2cc(Br)ccc2c1. The summed E-state index contributed by atoms with van der Waals surface area (Å²) in [6.45, 7) is 0. The Balaban J connectivity index is 2.04. The number of rotatable bonds is 3. The van der Waals surface area contributed by atoms with Gasteiger partial charge in [0.25, 0.3) is 0 Å². The van der Waals surface area contributed by atoms with Crippen molar-refractivity contribution in [2.45, 2.75) is 6.04 Å². The second kappa shape index (κ2) is 6.16. The fourth-order valence-electron chi connectivity index (χ4n) is 2.45. The Morgan fingerprint density at radius 2 is 1.48 bits per heavy atom. The van der Waals surface area contributed by atoms with Gasteiger partial charge in [0.2, 0.25) is 0 Å². The summed E-state index contributed by atoms with van der Waals surface area (Å²) < 4.78 is 1.08. The first kappa shape index (κ1) is 14.5. The van der Waals surface area contributed by atoms with Gasteiger partial charge in [-0.15, -0.1) is 0 Å². The Morgan fingerprint density at radius 3 is 2.19 bits per heavy atom. The molecule has 2 nitrogen and oxygen atoms in total. The third-order valence-electron chi connectivity index (χ3n) is 3.53. The van der Waals surface area contributed by atoms with E-state index in [2.05, 4.69) is 51.7 Å². The number of nitrogens with two attached hydrogens (primary N) is 1. The van der Waals surface area contributed by atoms with Crippen molar-refractivity contribution in [2.24, 2.45) is 5.84 Å². The predicted molar refractivity (Wildman–Crippen MR) is 92.3 cm³/mol. The smallest absolute Gasteiger partial charge is 0.0710 e. The van der Waals surface area contributed by atoms with Gasteiger partial charge < -0.3 is 0 Å². The maximum Gasteiger partial charge on any atom is 0.0710 e. The molecule has 1 unspecified atom stereocenters. The Kier molecular flexibility index (Phi) is 4.27. The number of hydrogen-bond donors (Lipinski definition) is 2. The van der Waals surface area contributed by atoms with Crippen LogP contribution in [0.5, 0.6) is 0 Å². The Hall–Kier alpha value is -1.39. The second-order valence-corrected chi connectivity index (χ2v) is 6.25. The number of fused-ring (bicyclic) bond motifs is 1. The topological polar surface area (TPSA) is 38.0 Å². The van der Waals surface area contributed by atoms with E-state index < -0.39 is 0 Å². The summed E-state index contributed by atoms with van der Waals surface area (Å²) in [5.74, 6) is 5.75. The van der Waals surface area contributed by atoms with E-state index in [9.17, 15) is 0 Å². The summed E-state index contributed by atoms with van der Waals surface area (Å²) in [5, 5.41) is 3.10. The molecule has 3 rings (SSSR count). The standard InChI is InChI=1S/C17H14BrClN2/c18-15-6-3-12-9-14(2-1-13(12)10-15)17(21-20)11-4-7-16(19)8-5-11/h1-10,17,21H,20H2. The molecule has 0 aliphatic heterocycles. The van der Waals surface area contributed by atoms with E-state index in [1.807, 2.05) is 30.3 Å². The fraction of sp³-hybridized carbons (Fsp3) is 0.0588. The van der Waals surface area contributed by atoms with Gasteiger partial charge in [0, 0.05) is 9.50 Å². The Labute approximate surface area is 137 Å². The van der Waals surface area contributed by atoms with Crippen LogP contribution in [0.1, 0.15) is 17.2 Å². The largest absolute Gasteiger partial charge is 0.271 e. The highest BCUT2D eigenvalue weighted by molar-refractivity contribution is 9.10. The van der Waals surface area contributed by atoms with Gasteiger partial charge in [-0.1, -0.05) is 57.9 Å². The van der Waals surface area contributed by atoms with Gasteiger partial charge in [-0.05, 0) is 52.2 Å². The van der Waals surface area contributed by atoms with Crippen molar-refractivity contribution in [3.05, 3.63) is 81.3 Å². The highest BCUT2D eigenvalue weighted by Crippen LogP contribution is 2.27. The summed E-state index contributed by atoms with van der Waals surface area (Å²) in [5.41, 5.74) is 5.08. The highest BCUT2D eigenvalue weighted by Gasteiger charge is 2.12. The van der Waals surface area contributed by atoms with E-state index in [0.717, 1.165) is 20.6 Å². The van der Waals surface area contributed by atoms with Crippen LogP contribution in [0.3, 0.4) is 0 Å². The Morgan fingerprint density at radius 1 is 0.857 bits per heavy atom. The molecule has 0 radical (unpaired) electrons. The van der Waals surface area contributed by atoms with Gasteiger partial charge in [-0.2, -0.15) is 0 Å². The van der Waals surface area contributed by atoms with Crippen molar-refractivity contribution in [1.29, 1.82) is 0 Å². The minimum absolute atomic E-state index is 0.0599. The maximum absolute atomic E-state index is 5.94. The number of nitrogens with one attached hydrogen (secondary N) is 1. The molecule has 21 heavy (non-hydrogen) atoms. The molecule has 0 bridgehead atoms. The molecule has 0 saturated carbocycles. The van der Waals surface area contributed by atoms with Crippen LogP contribution in [0.15, 0.2) is 65.1 Å². The Bertz CT molecular complexity index is 771. The normalized spacial score (nSPS) is 12.5. The van der Waals surface area contributed by atoms with Crippen LogP contribution in [-0.4, -0.2) is 0 Å². The molecule has 3 aromatic carbocycles. The van der Waals surface area contributed by atoms with Crippen LogP contribution in [0.25, 0.3) is 10.8 Å². The molecule has 0 heterocycles. The van der Waals surface area contributed by atoms with E-state index >= 15 is 0 Å². The molecular weight excluding hydrogens is 348 g/mol. The molecule has 4 heteroatoms.